The minimum atomic E-state index is -0.231. The van der Waals surface area contributed by atoms with Crippen molar-refractivity contribution in [3.05, 3.63) is 71.2 Å². The van der Waals surface area contributed by atoms with Crippen molar-refractivity contribution in [2.24, 2.45) is 0 Å². The number of furan rings is 1. The highest BCUT2D eigenvalue weighted by Crippen LogP contribution is 2.08. The Morgan fingerprint density at radius 1 is 1.30 bits per heavy atom. The molecule has 1 amide bonds. The zero-order valence-corrected chi connectivity index (χ0v) is 12.9. The molecule has 0 saturated carbocycles. The van der Waals surface area contributed by atoms with Gasteiger partial charge < -0.3 is 9.73 Å². The van der Waals surface area contributed by atoms with E-state index in [1.807, 2.05) is 6.07 Å². The van der Waals surface area contributed by atoms with Gasteiger partial charge in [0.1, 0.15) is 5.82 Å². The standard InChI is InChI=1S/C17H18N4O2/c1-12-4-2-5-13(10-12)11-16-19-15(20-21-16)7-8-18-17(22)14-6-3-9-23-14/h2-6,9-10H,7-8,11H2,1H3,(H,18,22)(H,19,20,21). The molecule has 0 atom stereocenters. The molecule has 118 valence electrons. The van der Waals surface area contributed by atoms with Gasteiger partial charge in [-0.25, -0.2) is 4.98 Å². The van der Waals surface area contributed by atoms with Crippen LogP contribution in [-0.4, -0.2) is 27.6 Å². The van der Waals surface area contributed by atoms with Gasteiger partial charge in [-0.05, 0) is 24.6 Å². The second-order valence-electron chi connectivity index (χ2n) is 5.35. The Hall–Kier alpha value is -2.89. The van der Waals surface area contributed by atoms with Crippen LogP contribution < -0.4 is 5.32 Å². The molecular weight excluding hydrogens is 292 g/mol. The van der Waals surface area contributed by atoms with E-state index in [-0.39, 0.29) is 5.91 Å². The highest BCUT2D eigenvalue weighted by atomic mass is 16.3. The lowest BCUT2D eigenvalue weighted by molar-refractivity contribution is 0.0926. The number of hydrogen-bond acceptors (Lipinski definition) is 4. The Labute approximate surface area is 133 Å². The number of nitrogens with one attached hydrogen (secondary N) is 2. The Morgan fingerprint density at radius 2 is 2.22 bits per heavy atom. The van der Waals surface area contributed by atoms with Gasteiger partial charge in [0.25, 0.3) is 5.91 Å². The smallest absolute Gasteiger partial charge is 0.286 e. The van der Waals surface area contributed by atoms with E-state index in [2.05, 4.69) is 45.6 Å². The molecule has 2 heterocycles. The minimum absolute atomic E-state index is 0.231. The number of aromatic nitrogens is 3. The molecule has 0 spiro atoms. The normalized spacial score (nSPS) is 10.7. The molecule has 0 radical (unpaired) electrons. The number of aryl methyl sites for hydroxylation is 1. The molecule has 3 rings (SSSR count). The lowest BCUT2D eigenvalue weighted by atomic mass is 10.1. The maximum Gasteiger partial charge on any atom is 0.286 e. The van der Waals surface area contributed by atoms with E-state index in [0.29, 0.717) is 31.0 Å². The topological polar surface area (TPSA) is 83.8 Å². The maximum atomic E-state index is 11.7. The van der Waals surface area contributed by atoms with Gasteiger partial charge in [0.2, 0.25) is 0 Å². The van der Waals surface area contributed by atoms with Crippen LogP contribution in [0.1, 0.15) is 33.3 Å². The van der Waals surface area contributed by atoms with Gasteiger partial charge >= 0.3 is 0 Å². The van der Waals surface area contributed by atoms with Gasteiger partial charge in [-0.1, -0.05) is 29.8 Å². The summed E-state index contributed by atoms with van der Waals surface area (Å²) in [6, 6.07) is 11.6. The Balaban J connectivity index is 1.50. The Kier molecular flexibility index (Phi) is 4.52. The number of aromatic amines is 1. The second-order valence-corrected chi connectivity index (χ2v) is 5.35. The third-order valence-electron chi connectivity index (χ3n) is 3.41. The second kappa shape index (κ2) is 6.91. The summed E-state index contributed by atoms with van der Waals surface area (Å²) in [6.45, 7) is 2.53. The van der Waals surface area contributed by atoms with Crippen LogP contribution >= 0.6 is 0 Å². The van der Waals surface area contributed by atoms with Crippen molar-refractivity contribution in [1.29, 1.82) is 0 Å². The van der Waals surface area contributed by atoms with E-state index in [1.165, 1.54) is 17.4 Å². The van der Waals surface area contributed by atoms with Crippen molar-refractivity contribution >= 4 is 5.91 Å². The molecule has 1 aromatic carbocycles. The monoisotopic (exact) mass is 310 g/mol. The quantitative estimate of drug-likeness (QED) is 0.731. The van der Waals surface area contributed by atoms with Crippen molar-refractivity contribution in [1.82, 2.24) is 20.5 Å². The third-order valence-corrected chi connectivity index (χ3v) is 3.41. The van der Waals surface area contributed by atoms with E-state index >= 15 is 0 Å². The van der Waals surface area contributed by atoms with E-state index in [4.69, 9.17) is 4.42 Å². The first-order chi connectivity index (χ1) is 11.2. The van der Waals surface area contributed by atoms with Crippen LogP contribution in [0.2, 0.25) is 0 Å². The van der Waals surface area contributed by atoms with E-state index < -0.39 is 0 Å². The summed E-state index contributed by atoms with van der Waals surface area (Å²) >= 11 is 0. The summed E-state index contributed by atoms with van der Waals surface area (Å²) in [7, 11) is 0. The van der Waals surface area contributed by atoms with E-state index in [9.17, 15) is 4.79 Å². The Bertz CT molecular complexity index is 778. The van der Waals surface area contributed by atoms with Crippen LogP contribution in [-0.2, 0) is 12.8 Å². The first-order valence-corrected chi connectivity index (χ1v) is 7.48. The fraction of sp³-hybridized carbons (Fsp3) is 0.235. The number of carbonyl (C=O) groups is 1. The van der Waals surface area contributed by atoms with Crippen LogP contribution in [0.3, 0.4) is 0 Å². The average molecular weight is 310 g/mol. The summed E-state index contributed by atoms with van der Waals surface area (Å²) in [4.78, 5) is 16.2. The van der Waals surface area contributed by atoms with Gasteiger partial charge in [0.15, 0.2) is 11.6 Å². The zero-order chi connectivity index (χ0) is 16.1. The first kappa shape index (κ1) is 15.0. The van der Waals surface area contributed by atoms with Crippen LogP contribution in [0.5, 0.6) is 0 Å². The molecule has 0 bridgehead atoms. The van der Waals surface area contributed by atoms with Crippen molar-refractivity contribution < 1.29 is 9.21 Å². The fourth-order valence-electron chi connectivity index (χ4n) is 2.32. The third kappa shape index (κ3) is 4.06. The molecule has 0 unspecified atom stereocenters. The zero-order valence-electron chi connectivity index (χ0n) is 12.9. The summed E-state index contributed by atoms with van der Waals surface area (Å²) in [6.07, 6.45) is 2.76. The van der Waals surface area contributed by atoms with Crippen molar-refractivity contribution in [2.75, 3.05) is 6.54 Å². The lowest BCUT2D eigenvalue weighted by Crippen LogP contribution is -2.25. The van der Waals surface area contributed by atoms with Crippen molar-refractivity contribution in [3.63, 3.8) is 0 Å². The Morgan fingerprint density at radius 3 is 3.00 bits per heavy atom. The molecule has 2 aromatic heterocycles. The lowest BCUT2D eigenvalue weighted by Gasteiger charge is -2.00. The number of H-pyrrole nitrogens is 1. The first-order valence-electron chi connectivity index (χ1n) is 7.48. The summed E-state index contributed by atoms with van der Waals surface area (Å²) in [5, 5.41) is 9.90. The molecule has 0 aliphatic rings. The molecule has 3 aromatic rings. The molecule has 6 heteroatoms. The van der Waals surface area contributed by atoms with Crippen molar-refractivity contribution in [3.8, 4) is 0 Å². The highest BCUT2D eigenvalue weighted by Gasteiger charge is 2.09. The molecule has 0 saturated heterocycles. The summed E-state index contributed by atoms with van der Waals surface area (Å²) in [5.74, 6) is 1.58. The average Bonchev–Trinajstić information content (AvgIpc) is 3.19. The van der Waals surface area contributed by atoms with E-state index in [0.717, 1.165) is 5.82 Å². The van der Waals surface area contributed by atoms with Gasteiger partial charge in [-0.15, -0.1) is 0 Å². The molecule has 6 nitrogen and oxygen atoms in total. The number of carbonyl (C=O) groups excluding carboxylic acids is 1. The molecule has 0 fully saturated rings. The number of rotatable bonds is 6. The van der Waals surface area contributed by atoms with Crippen LogP contribution in [0.4, 0.5) is 0 Å². The van der Waals surface area contributed by atoms with Crippen LogP contribution in [0, 0.1) is 6.92 Å². The largest absolute Gasteiger partial charge is 0.459 e. The predicted molar refractivity (Wildman–Crippen MR) is 85.1 cm³/mol. The van der Waals surface area contributed by atoms with Crippen LogP contribution in [0.15, 0.2) is 47.1 Å². The number of nitrogens with zero attached hydrogens (tertiary/aromatic N) is 2. The maximum absolute atomic E-state index is 11.7. The summed E-state index contributed by atoms with van der Waals surface area (Å²) in [5.41, 5.74) is 2.42. The predicted octanol–water partition coefficient (Wildman–Crippen LogP) is 2.27. The van der Waals surface area contributed by atoms with Gasteiger partial charge in [-0.2, -0.15) is 5.10 Å². The number of hydrogen-bond donors (Lipinski definition) is 2. The molecule has 0 aliphatic heterocycles. The number of amides is 1. The van der Waals surface area contributed by atoms with Gasteiger partial charge in [0.05, 0.1) is 6.26 Å². The summed E-state index contributed by atoms with van der Waals surface area (Å²) < 4.78 is 5.03. The highest BCUT2D eigenvalue weighted by molar-refractivity contribution is 5.91. The van der Waals surface area contributed by atoms with E-state index in [1.54, 1.807) is 12.1 Å². The molecule has 0 aliphatic carbocycles. The minimum Gasteiger partial charge on any atom is -0.459 e. The van der Waals surface area contributed by atoms with Crippen molar-refractivity contribution in [2.45, 2.75) is 19.8 Å². The SMILES string of the molecule is Cc1cccc(Cc2nc(CCNC(=O)c3ccco3)n[nH]2)c1. The molecule has 23 heavy (non-hydrogen) atoms. The molecule has 2 N–H and O–H groups in total. The number of benzene rings is 1. The van der Waals surface area contributed by atoms with Gasteiger partial charge in [-0.3, -0.25) is 9.89 Å². The van der Waals surface area contributed by atoms with Gasteiger partial charge in [0, 0.05) is 19.4 Å². The fourth-order valence-corrected chi connectivity index (χ4v) is 2.32. The van der Waals surface area contributed by atoms with Crippen LogP contribution in [0.25, 0.3) is 0 Å². The molecular formula is C17H18N4O2.